The number of H-pyrrole nitrogens is 1. The van der Waals surface area contributed by atoms with Crippen molar-refractivity contribution in [3.05, 3.63) is 69.8 Å². The number of rotatable bonds is 5. The van der Waals surface area contributed by atoms with Crippen LogP contribution in [0.15, 0.2) is 47.3 Å². The predicted octanol–water partition coefficient (Wildman–Crippen LogP) is 3.43. The Hall–Kier alpha value is -2.66. The number of fused-ring (bicyclic) bond motifs is 1. The Morgan fingerprint density at radius 3 is 2.76 bits per heavy atom. The summed E-state index contributed by atoms with van der Waals surface area (Å²) in [6.07, 6.45) is 0. The number of para-hydroxylation sites is 1. The molecule has 5 heteroatoms. The third-order valence-electron chi connectivity index (χ3n) is 4.54. The average Bonchev–Trinajstić information content (AvgIpc) is 2.61. The van der Waals surface area contributed by atoms with Crippen LogP contribution in [0.4, 0.5) is 0 Å². The van der Waals surface area contributed by atoms with Gasteiger partial charge in [-0.25, -0.2) is 4.98 Å². The molecule has 1 heterocycles. The number of hydrogen-bond acceptors (Lipinski definition) is 4. The SMILES string of the molecule is COc1ccc(C)cc1CN(C)[C@@H](C)c1nc2ccccc2c(=O)[nH]1. The first-order valence-corrected chi connectivity index (χ1v) is 8.32. The van der Waals surface area contributed by atoms with Crippen LogP contribution < -0.4 is 10.3 Å². The zero-order chi connectivity index (χ0) is 18.0. The second-order valence-electron chi connectivity index (χ2n) is 6.37. The normalized spacial score (nSPS) is 12.5. The Morgan fingerprint density at radius 2 is 2.00 bits per heavy atom. The summed E-state index contributed by atoms with van der Waals surface area (Å²) in [5.41, 5.74) is 2.91. The van der Waals surface area contributed by atoms with Crippen LogP contribution in [0.2, 0.25) is 0 Å². The molecular weight excluding hydrogens is 314 g/mol. The highest BCUT2D eigenvalue weighted by molar-refractivity contribution is 5.77. The summed E-state index contributed by atoms with van der Waals surface area (Å²) >= 11 is 0. The van der Waals surface area contributed by atoms with Gasteiger partial charge in [-0.3, -0.25) is 9.69 Å². The Bertz CT molecular complexity index is 949. The van der Waals surface area contributed by atoms with E-state index in [1.807, 2.05) is 44.3 Å². The van der Waals surface area contributed by atoms with Gasteiger partial charge in [-0.15, -0.1) is 0 Å². The topological polar surface area (TPSA) is 58.2 Å². The maximum Gasteiger partial charge on any atom is 0.258 e. The zero-order valence-corrected chi connectivity index (χ0v) is 15.0. The maximum atomic E-state index is 12.3. The largest absolute Gasteiger partial charge is 0.496 e. The second kappa shape index (κ2) is 7.07. The lowest BCUT2D eigenvalue weighted by atomic mass is 10.1. The molecule has 0 fully saturated rings. The van der Waals surface area contributed by atoms with Crippen molar-refractivity contribution in [1.29, 1.82) is 0 Å². The fourth-order valence-corrected chi connectivity index (χ4v) is 2.95. The number of methoxy groups -OCH3 is 1. The number of ether oxygens (including phenoxy) is 1. The highest BCUT2D eigenvalue weighted by atomic mass is 16.5. The van der Waals surface area contributed by atoms with Gasteiger partial charge in [-0.2, -0.15) is 0 Å². The van der Waals surface area contributed by atoms with Gasteiger partial charge in [0.05, 0.1) is 24.1 Å². The van der Waals surface area contributed by atoms with Crippen molar-refractivity contribution in [1.82, 2.24) is 14.9 Å². The third-order valence-corrected chi connectivity index (χ3v) is 4.54. The molecule has 0 aliphatic heterocycles. The van der Waals surface area contributed by atoms with Crippen molar-refractivity contribution in [3.8, 4) is 5.75 Å². The Kier molecular flexibility index (Phi) is 4.86. The van der Waals surface area contributed by atoms with E-state index < -0.39 is 0 Å². The van der Waals surface area contributed by atoms with Crippen LogP contribution in [-0.4, -0.2) is 29.0 Å². The fourth-order valence-electron chi connectivity index (χ4n) is 2.95. The first-order chi connectivity index (χ1) is 12.0. The second-order valence-corrected chi connectivity index (χ2v) is 6.37. The minimum Gasteiger partial charge on any atom is -0.496 e. The van der Waals surface area contributed by atoms with E-state index in [1.54, 1.807) is 13.2 Å². The molecule has 0 unspecified atom stereocenters. The monoisotopic (exact) mass is 337 g/mol. The standard InChI is InChI=1S/C20H23N3O2/c1-13-9-10-18(25-4)15(11-13)12-23(3)14(2)19-21-17-8-6-5-7-16(17)20(24)22-19/h5-11,14H,12H2,1-4H3,(H,21,22,24)/t14-/m0/s1. The first kappa shape index (κ1) is 17.2. The highest BCUT2D eigenvalue weighted by Gasteiger charge is 2.17. The van der Waals surface area contributed by atoms with Gasteiger partial charge in [0.1, 0.15) is 11.6 Å². The van der Waals surface area contributed by atoms with E-state index in [1.165, 1.54) is 5.56 Å². The molecule has 5 nitrogen and oxygen atoms in total. The van der Waals surface area contributed by atoms with Crippen LogP contribution in [0.3, 0.4) is 0 Å². The molecule has 0 saturated heterocycles. The molecule has 130 valence electrons. The van der Waals surface area contributed by atoms with Gasteiger partial charge in [0, 0.05) is 12.1 Å². The van der Waals surface area contributed by atoms with E-state index in [0.29, 0.717) is 17.8 Å². The van der Waals surface area contributed by atoms with Crippen molar-refractivity contribution in [2.24, 2.45) is 0 Å². The minimum atomic E-state index is -0.103. The Labute approximate surface area is 147 Å². The summed E-state index contributed by atoms with van der Waals surface area (Å²) in [6, 6.07) is 13.5. The number of nitrogens with zero attached hydrogens (tertiary/aromatic N) is 2. The minimum absolute atomic E-state index is 0.0393. The predicted molar refractivity (Wildman–Crippen MR) is 100.0 cm³/mol. The van der Waals surface area contributed by atoms with Crippen LogP contribution in [0.5, 0.6) is 5.75 Å². The summed E-state index contributed by atoms with van der Waals surface area (Å²) < 4.78 is 5.46. The molecule has 1 aromatic heterocycles. The van der Waals surface area contributed by atoms with Crippen LogP contribution in [-0.2, 0) is 6.54 Å². The molecule has 0 aliphatic carbocycles. The van der Waals surface area contributed by atoms with Gasteiger partial charge in [-0.05, 0) is 39.1 Å². The van der Waals surface area contributed by atoms with E-state index >= 15 is 0 Å². The number of aryl methyl sites for hydroxylation is 1. The smallest absolute Gasteiger partial charge is 0.258 e. The molecule has 2 aromatic carbocycles. The van der Waals surface area contributed by atoms with Crippen molar-refractivity contribution >= 4 is 10.9 Å². The molecule has 1 atom stereocenters. The Balaban J connectivity index is 1.89. The van der Waals surface area contributed by atoms with Crippen LogP contribution in [0, 0.1) is 6.92 Å². The summed E-state index contributed by atoms with van der Waals surface area (Å²) in [7, 11) is 3.70. The molecule has 0 radical (unpaired) electrons. The summed E-state index contributed by atoms with van der Waals surface area (Å²) in [6.45, 7) is 4.80. The lowest BCUT2D eigenvalue weighted by molar-refractivity contribution is 0.240. The van der Waals surface area contributed by atoms with E-state index in [2.05, 4.69) is 27.9 Å². The molecule has 25 heavy (non-hydrogen) atoms. The van der Waals surface area contributed by atoms with Gasteiger partial charge in [-0.1, -0.05) is 29.8 Å². The number of hydrogen-bond donors (Lipinski definition) is 1. The van der Waals surface area contributed by atoms with E-state index in [-0.39, 0.29) is 11.6 Å². The van der Waals surface area contributed by atoms with E-state index in [4.69, 9.17) is 4.74 Å². The average molecular weight is 337 g/mol. The number of aromatic nitrogens is 2. The fraction of sp³-hybridized carbons (Fsp3) is 0.300. The molecule has 3 aromatic rings. The number of nitrogens with one attached hydrogen (secondary N) is 1. The molecule has 0 saturated carbocycles. The number of aromatic amines is 1. The van der Waals surface area contributed by atoms with E-state index in [9.17, 15) is 4.79 Å². The maximum absolute atomic E-state index is 12.3. The molecule has 0 aliphatic rings. The van der Waals surface area contributed by atoms with Crippen LogP contribution in [0.1, 0.15) is 29.9 Å². The van der Waals surface area contributed by atoms with Crippen molar-refractivity contribution in [3.63, 3.8) is 0 Å². The number of benzene rings is 2. The summed E-state index contributed by atoms with van der Waals surface area (Å²) in [4.78, 5) is 22.0. The van der Waals surface area contributed by atoms with Crippen molar-refractivity contribution in [2.45, 2.75) is 26.4 Å². The summed E-state index contributed by atoms with van der Waals surface area (Å²) in [5, 5.41) is 0.612. The quantitative estimate of drug-likeness (QED) is 0.775. The van der Waals surface area contributed by atoms with Gasteiger partial charge in [0.2, 0.25) is 0 Å². The van der Waals surface area contributed by atoms with Crippen LogP contribution >= 0.6 is 0 Å². The van der Waals surface area contributed by atoms with Crippen LogP contribution in [0.25, 0.3) is 10.9 Å². The molecule has 1 N–H and O–H groups in total. The molecular formula is C20H23N3O2. The van der Waals surface area contributed by atoms with Crippen molar-refractivity contribution in [2.75, 3.05) is 14.2 Å². The zero-order valence-electron chi connectivity index (χ0n) is 15.0. The van der Waals surface area contributed by atoms with Gasteiger partial charge in [0.15, 0.2) is 0 Å². The third kappa shape index (κ3) is 3.56. The van der Waals surface area contributed by atoms with Gasteiger partial charge < -0.3 is 9.72 Å². The summed E-state index contributed by atoms with van der Waals surface area (Å²) in [5.74, 6) is 1.53. The van der Waals surface area contributed by atoms with Gasteiger partial charge in [0.25, 0.3) is 5.56 Å². The molecule has 3 rings (SSSR count). The lowest BCUT2D eigenvalue weighted by Gasteiger charge is -2.25. The highest BCUT2D eigenvalue weighted by Crippen LogP contribution is 2.24. The lowest BCUT2D eigenvalue weighted by Crippen LogP contribution is -2.26. The molecule has 0 spiro atoms. The van der Waals surface area contributed by atoms with E-state index in [0.717, 1.165) is 16.8 Å². The molecule has 0 bridgehead atoms. The first-order valence-electron chi connectivity index (χ1n) is 8.32. The van der Waals surface area contributed by atoms with Gasteiger partial charge >= 0.3 is 0 Å². The molecule has 0 amide bonds. The Morgan fingerprint density at radius 1 is 1.24 bits per heavy atom. The van der Waals surface area contributed by atoms with Crippen molar-refractivity contribution < 1.29 is 4.74 Å².